The molecule has 0 spiro atoms. The van der Waals surface area contributed by atoms with E-state index in [0.29, 0.717) is 23.7 Å². The topological polar surface area (TPSA) is 46.9 Å². The van der Waals surface area contributed by atoms with Crippen LogP contribution in [0.3, 0.4) is 0 Å². The Bertz CT molecular complexity index is 874. The second kappa shape index (κ2) is 6.73. The zero-order valence-electron chi connectivity index (χ0n) is 15.9. The van der Waals surface area contributed by atoms with Gasteiger partial charge in [-0.25, -0.2) is 8.78 Å². The molecular weight excluding hydrogens is 348 g/mol. The molecule has 1 fully saturated rings. The zero-order chi connectivity index (χ0) is 19.3. The van der Waals surface area contributed by atoms with Crippen molar-refractivity contribution in [3.05, 3.63) is 46.8 Å². The van der Waals surface area contributed by atoms with Gasteiger partial charge in [-0.15, -0.1) is 0 Å². The summed E-state index contributed by atoms with van der Waals surface area (Å²) >= 11 is 0. The molecule has 2 unspecified atom stereocenters. The van der Waals surface area contributed by atoms with Crippen LogP contribution in [-0.4, -0.2) is 15.7 Å². The van der Waals surface area contributed by atoms with Crippen LogP contribution in [0.5, 0.6) is 0 Å². The lowest BCUT2D eigenvalue weighted by Crippen LogP contribution is -2.15. The highest BCUT2D eigenvalue weighted by Gasteiger charge is 2.45. The summed E-state index contributed by atoms with van der Waals surface area (Å²) < 4.78 is 27.7. The van der Waals surface area contributed by atoms with Crippen molar-refractivity contribution in [3.8, 4) is 0 Å². The van der Waals surface area contributed by atoms with E-state index in [2.05, 4.69) is 30.3 Å². The highest BCUT2D eigenvalue weighted by molar-refractivity contribution is 6.05. The first-order valence-electron chi connectivity index (χ1n) is 9.64. The maximum Gasteiger partial charge on any atom is 0.282 e. The molecule has 27 heavy (non-hydrogen) atoms. The van der Waals surface area contributed by atoms with E-state index in [1.807, 2.05) is 12.1 Å². The fourth-order valence-corrected chi connectivity index (χ4v) is 5.29. The van der Waals surface area contributed by atoms with E-state index < -0.39 is 18.0 Å². The molecule has 1 aromatic carbocycles. The third kappa shape index (κ3) is 2.95. The van der Waals surface area contributed by atoms with Gasteiger partial charge >= 0.3 is 0 Å². The van der Waals surface area contributed by atoms with Crippen molar-refractivity contribution in [1.82, 2.24) is 9.78 Å². The molecule has 0 aliphatic heterocycles. The molecule has 0 bridgehead atoms. The molecule has 2 aliphatic carbocycles. The largest absolute Gasteiger partial charge is 0.322 e. The maximum absolute atomic E-state index is 13.2. The number of alkyl halides is 2. The van der Waals surface area contributed by atoms with Crippen LogP contribution in [0.1, 0.15) is 78.6 Å². The number of benzene rings is 1. The number of anilines is 1. The van der Waals surface area contributed by atoms with Gasteiger partial charge in [-0.3, -0.25) is 9.48 Å². The lowest BCUT2D eigenvalue weighted by atomic mass is 9.81. The number of rotatable bonds is 4. The molecule has 0 saturated heterocycles. The lowest BCUT2D eigenvalue weighted by Gasteiger charge is -2.23. The number of aromatic nitrogens is 2. The van der Waals surface area contributed by atoms with E-state index in [-0.39, 0.29) is 5.56 Å². The van der Waals surface area contributed by atoms with Crippen LogP contribution >= 0.6 is 0 Å². The van der Waals surface area contributed by atoms with Gasteiger partial charge < -0.3 is 5.32 Å². The molecule has 1 amide bonds. The number of carbonyl (C=O) groups is 1. The molecule has 1 saturated carbocycles. The Morgan fingerprint density at radius 1 is 1.30 bits per heavy atom. The monoisotopic (exact) mass is 373 g/mol. The van der Waals surface area contributed by atoms with Crippen LogP contribution in [0.15, 0.2) is 24.4 Å². The summed E-state index contributed by atoms with van der Waals surface area (Å²) in [7, 11) is 1.54. The predicted octanol–water partition coefficient (Wildman–Crippen LogP) is 5.25. The molecule has 4 rings (SSSR count). The number of aryl methyl sites for hydroxylation is 1. The number of fused-ring (bicyclic) bond motifs is 3. The average molecular weight is 373 g/mol. The van der Waals surface area contributed by atoms with Crippen molar-refractivity contribution in [3.63, 3.8) is 0 Å². The Morgan fingerprint density at radius 3 is 2.78 bits per heavy atom. The number of hydrogen-bond donors (Lipinski definition) is 1. The molecule has 1 heterocycles. The molecule has 144 valence electrons. The summed E-state index contributed by atoms with van der Waals surface area (Å²) in [6.07, 6.45) is 2.13. The Morgan fingerprint density at radius 2 is 2.07 bits per heavy atom. The molecule has 3 atom stereocenters. The lowest BCUT2D eigenvalue weighted by molar-refractivity contribution is 0.101. The highest BCUT2D eigenvalue weighted by atomic mass is 19.3. The van der Waals surface area contributed by atoms with Gasteiger partial charge in [0.1, 0.15) is 5.69 Å². The first-order chi connectivity index (χ1) is 12.9. The fourth-order valence-electron chi connectivity index (χ4n) is 5.29. The van der Waals surface area contributed by atoms with Crippen molar-refractivity contribution >= 4 is 11.6 Å². The van der Waals surface area contributed by atoms with Gasteiger partial charge in [-0.2, -0.15) is 5.10 Å². The van der Waals surface area contributed by atoms with Crippen LogP contribution in [0, 0.1) is 11.8 Å². The molecule has 6 heteroatoms. The van der Waals surface area contributed by atoms with Crippen LogP contribution in [0.2, 0.25) is 0 Å². The van der Waals surface area contributed by atoms with Crippen molar-refractivity contribution in [2.24, 2.45) is 18.9 Å². The third-order valence-electron chi connectivity index (χ3n) is 6.18. The van der Waals surface area contributed by atoms with E-state index >= 15 is 0 Å². The second-order valence-corrected chi connectivity index (χ2v) is 8.14. The molecule has 4 nitrogen and oxygen atoms in total. The van der Waals surface area contributed by atoms with Gasteiger partial charge in [0.2, 0.25) is 0 Å². The first-order valence-corrected chi connectivity index (χ1v) is 9.64. The molecule has 2 aromatic rings. The van der Waals surface area contributed by atoms with Gasteiger partial charge in [0, 0.05) is 18.9 Å². The molecule has 1 N–H and O–H groups in total. The standard InChI is InChI=1S/C21H25F2N3O/c1-11(2)17-12-6-4-7-13(12)18-14(17)8-5-9-16(18)24-21(27)15-10-26(3)25-19(15)20(22)23/h5,8-13,17,20H,4,6-7H2,1-3H3,(H,24,27)/t12-,13?,17?/m1/s1. The summed E-state index contributed by atoms with van der Waals surface area (Å²) in [5, 5.41) is 6.65. The van der Waals surface area contributed by atoms with Crippen molar-refractivity contribution in [1.29, 1.82) is 0 Å². The van der Waals surface area contributed by atoms with Crippen LogP contribution in [0.25, 0.3) is 0 Å². The summed E-state index contributed by atoms with van der Waals surface area (Å²) in [4.78, 5) is 12.8. The second-order valence-electron chi connectivity index (χ2n) is 8.14. The number of hydrogen-bond acceptors (Lipinski definition) is 2. The molecular formula is C21H25F2N3O. The number of amides is 1. The third-order valence-corrected chi connectivity index (χ3v) is 6.18. The van der Waals surface area contributed by atoms with Gasteiger partial charge in [0.25, 0.3) is 12.3 Å². The van der Waals surface area contributed by atoms with Crippen molar-refractivity contribution in [2.75, 3.05) is 5.32 Å². The molecule has 2 aliphatic rings. The van der Waals surface area contributed by atoms with Gasteiger partial charge in [-0.1, -0.05) is 32.4 Å². The number of carbonyl (C=O) groups excluding carboxylic acids is 1. The minimum Gasteiger partial charge on any atom is -0.322 e. The summed E-state index contributed by atoms with van der Waals surface area (Å²) in [6.45, 7) is 4.51. The minimum absolute atomic E-state index is 0.0634. The van der Waals surface area contributed by atoms with Crippen LogP contribution in [-0.2, 0) is 7.05 Å². The summed E-state index contributed by atoms with van der Waals surface area (Å²) in [6, 6.07) is 6.03. The van der Waals surface area contributed by atoms with Crippen molar-refractivity contribution < 1.29 is 13.6 Å². The Hall–Kier alpha value is -2.24. The minimum atomic E-state index is -2.78. The number of nitrogens with zero attached hydrogens (tertiary/aromatic N) is 2. The molecule has 0 radical (unpaired) electrons. The first kappa shape index (κ1) is 18.1. The van der Waals surface area contributed by atoms with Crippen LogP contribution < -0.4 is 5.32 Å². The highest BCUT2D eigenvalue weighted by Crippen LogP contribution is 2.58. The van der Waals surface area contributed by atoms with Gasteiger partial charge in [0.15, 0.2) is 0 Å². The summed E-state index contributed by atoms with van der Waals surface area (Å²) in [5.41, 5.74) is 2.77. The Labute approximate surface area is 158 Å². The fraction of sp³-hybridized carbons (Fsp3) is 0.524. The molecule has 1 aromatic heterocycles. The van der Waals surface area contributed by atoms with E-state index in [9.17, 15) is 13.6 Å². The average Bonchev–Trinajstić information content (AvgIpc) is 3.27. The number of halogens is 2. The Kier molecular flexibility index (Phi) is 4.52. The van der Waals surface area contributed by atoms with E-state index in [1.165, 1.54) is 34.8 Å². The predicted molar refractivity (Wildman–Crippen MR) is 100 cm³/mol. The van der Waals surface area contributed by atoms with Crippen molar-refractivity contribution in [2.45, 2.75) is 51.4 Å². The van der Waals surface area contributed by atoms with E-state index in [1.54, 1.807) is 7.05 Å². The van der Waals surface area contributed by atoms with Crippen LogP contribution in [0.4, 0.5) is 14.5 Å². The smallest absolute Gasteiger partial charge is 0.282 e. The Balaban J connectivity index is 1.70. The number of nitrogens with one attached hydrogen (secondary N) is 1. The van der Waals surface area contributed by atoms with Gasteiger partial charge in [-0.05, 0) is 53.7 Å². The zero-order valence-corrected chi connectivity index (χ0v) is 15.9. The van der Waals surface area contributed by atoms with E-state index in [4.69, 9.17) is 0 Å². The van der Waals surface area contributed by atoms with E-state index in [0.717, 1.165) is 12.1 Å². The SMILES string of the molecule is CC(C)C1c2cccc(NC(=O)c3cn(C)nc3C(F)F)c2C2CCC[C@H]21. The quantitative estimate of drug-likeness (QED) is 0.796. The van der Waals surface area contributed by atoms with Gasteiger partial charge in [0.05, 0.1) is 5.56 Å². The maximum atomic E-state index is 13.2. The summed E-state index contributed by atoms with van der Waals surface area (Å²) in [5.74, 6) is 1.58. The normalized spacial score (nSPS) is 23.7.